The minimum Gasteiger partial charge on any atom is -0.324 e. The summed E-state index contributed by atoms with van der Waals surface area (Å²) in [5, 5.41) is 0. The van der Waals surface area contributed by atoms with Crippen molar-refractivity contribution in [2.24, 2.45) is 11.7 Å². The first-order chi connectivity index (χ1) is 7.86. The van der Waals surface area contributed by atoms with E-state index in [0.29, 0.717) is 12.3 Å². The lowest BCUT2D eigenvalue weighted by Crippen LogP contribution is -2.19. The second-order valence-electron chi connectivity index (χ2n) is 4.32. The smallest absolute Gasteiger partial charge is 0.324 e. The van der Waals surface area contributed by atoms with E-state index in [-0.39, 0.29) is 5.56 Å². The highest BCUT2D eigenvalue weighted by Gasteiger charge is 2.34. The Kier molecular flexibility index (Phi) is 4.51. The Labute approximate surface area is 99.0 Å². The summed E-state index contributed by atoms with van der Waals surface area (Å²) in [7, 11) is 0. The van der Waals surface area contributed by atoms with E-state index in [9.17, 15) is 13.2 Å². The summed E-state index contributed by atoms with van der Waals surface area (Å²) in [5.74, 6) is 0.297. The minimum absolute atomic E-state index is 0.0836. The Balaban J connectivity index is 2.97. The van der Waals surface area contributed by atoms with Gasteiger partial charge in [0.25, 0.3) is 0 Å². The summed E-state index contributed by atoms with van der Waals surface area (Å²) in [6.45, 7) is 3.97. The van der Waals surface area contributed by atoms with Crippen molar-refractivity contribution in [1.29, 1.82) is 0 Å². The molecule has 0 fully saturated rings. The number of alkyl halides is 3. The third-order valence-corrected chi connectivity index (χ3v) is 2.91. The predicted octanol–water partition coefficient (Wildman–Crippen LogP) is 3.54. The molecular weight excluding hydrogens is 229 g/mol. The van der Waals surface area contributed by atoms with Crippen LogP contribution in [-0.4, -0.2) is 4.98 Å². The molecule has 1 aromatic rings. The van der Waals surface area contributed by atoms with Gasteiger partial charge in [-0.05, 0) is 24.0 Å². The van der Waals surface area contributed by atoms with E-state index in [2.05, 4.69) is 4.98 Å². The average Bonchev–Trinajstić information content (AvgIpc) is 2.27. The molecule has 2 nitrogen and oxygen atoms in total. The molecule has 2 atom stereocenters. The van der Waals surface area contributed by atoms with Crippen molar-refractivity contribution in [1.82, 2.24) is 4.98 Å². The molecule has 96 valence electrons. The molecule has 17 heavy (non-hydrogen) atoms. The molecule has 1 heterocycles. The molecule has 5 heteroatoms. The fraction of sp³-hybridized carbons (Fsp3) is 0.583. The van der Waals surface area contributed by atoms with E-state index < -0.39 is 17.8 Å². The number of nitrogens with two attached hydrogens (primary N) is 1. The maximum atomic E-state index is 12.7. The van der Waals surface area contributed by atoms with Crippen LogP contribution in [0.3, 0.4) is 0 Å². The Morgan fingerprint density at radius 2 is 2.06 bits per heavy atom. The van der Waals surface area contributed by atoms with Gasteiger partial charge >= 0.3 is 6.18 Å². The molecule has 1 rings (SSSR count). The van der Waals surface area contributed by atoms with Gasteiger partial charge in [-0.3, -0.25) is 4.98 Å². The maximum absolute atomic E-state index is 12.7. The lowest BCUT2D eigenvalue weighted by Gasteiger charge is -2.20. The number of aromatic nitrogens is 1. The van der Waals surface area contributed by atoms with Crippen molar-refractivity contribution < 1.29 is 13.2 Å². The van der Waals surface area contributed by atoms with Crippen molar-refractivity contribution >= 4 is 0 Å². The summed E-state index contributed by atoms with van der Waals surface area (Å²) in [6, 6.07) is 0.362. The van der Waals surface area contributed by atoms with Crippen LogP contribution in [0.2, 0.25) is 0 Å². The van der Waals surface area contributed by atoms with Crippen molar-refractivity contribution in [2.75, 3.05) is 0 Å². The van der Waals surface area contributed by atoms with Gasteiger partial charge in [-0.15, -0.1) is 0 Å². The van der Waals surface area contributed by atoms with E-state index in [1.165, 1.54) is 6.20 Å². The van der Waals surface area contributed by atoms with Gasteiger partial charge < -0.3 is 5.73 Å². The van der Waals surface area contributed by atoms with E-state index in [4.69, 9.17) is 5.73 Å². The van der Waals surface area contributed by atoms with Crippen molar-refractivity contribution in [3.63, 3.8) is 0 Å². The largest absolute Gasteiger partial charge is 0.416 e. The molecule has 0 aliphatic heterocycles. The molecule has 0 radical (unpaired) electrons. The molecule has 0 saturated carbocycles. The number of hydrogen-bond acceptors (Lipinski definition) is 2. The van der Waals surface area contributed by atoms with Gasteiger partial charge in [-0.25, -0.2) is 0 Å². The first-order valence-electron chi connectivity index (χ1n) is 5.63. The zero-order chi connectivity index (χ0) is 13.1. The Morgan fingerprint density at radius 3 is 2.59 bits per heavy atom. The van der Waals surface area contributed by atoms with Crippen molar-refractivity contribution in [3.05, 3.63) is 29.6 Å². The topological polar surface area (TPSA) is 38.9 Å². The highest BCUT2D eigenvalue weighted by atomic mass is 19.4. The third-order valence-electron chi connectivity index (χ3n) is 2.91. The lowest BCUT2D eigenvalue weighted by molar-refractivity contribution is -0.138. The van der Waals surface area contributed by atoms with Crippen LogP contribution in [0.4, 0.5) is 13.2 Å². The van der Waals surface area contributed by atoms with Crippen LogP contribution in [0.1, 0.15) is 43.9 Å². The van der Waals surface area contributed by atoms with Crippen molar-refractivity contribution in [3.8, 4) is 0 Å². The summed E-state index contributed by atoms with van der Waals surface area (Å²) in [6.07, 6.45) is -0.579. The highest BCUT2D eigenvalue weighted by molar-refractivity contribution is 5.29. The zero-order valence-electron chi connectivity index (χ0n) is 9.96. The SMILES string of the molecule is CCC(C)CC(N)c1cnccc1C(F)(F)F. The fourth-order valence-electron chi connectivity index (χ4n) is 1.69. The Hall–Kier alpha value is -1.10. The number of pyridine rings is 1. The molecule has 0 aliphatic rings. The Bertz CT molecular complexity index is 363. The van der Waals surface area contributed by atoms with Gasteiger partial charge in [0.1, 0.15) is 0 Å². The van der Waals surface area contributed by atoms with Crippen LogP contribution in [0, 0.1) is 5.92 Å². The summed E-state index contributed by atoms with van der Waals surface area (Å²) in [4.78, 5) is 3.73. The number of rotatable bonds is 4. The van der Waals surface area contributed by atoms with Crippen molar-refractivity contribution in [2.45, 2.75) is 38.9 Å². The normalized spacial score (nSPS) is 15.6. The van der Waals surface area contributed by atoms with Gasteiger partial charge in [0, 0.05) is 18.4 Å². The van der Waals surface area contributed by atoms with Crippen LogP contribution >= 0.6 is 0 Å². The van der Waals surface area contributed by atoms with Gasteiger partial charge in [-0.1, -0.05) is 20.3 Å². The van der Waals surface area contributed by atoms with Gasteiger partial charge in [0.15, 0.2) is 0 Å². The highest BCUT2D eigenvalue weighted by Crippen LogP contribution is 2.35. The molecule has 0 amide bonds. The fourth-order valence-corrected chi connectivity index (χ4v) is 1.69. The van der Waals surface area contributed by atoms with Crippen LogP contribution in [0.15, 0.2) is 18.5 Å². The second-order valence-corrected chi connectivity index (χ2v) is 4.32. The molecule has 0 aliphatic carbocycles. The summed E-state index contributed by atoms with van der Waals surface area (Å²) < 4.78 is 38.2. The van der Waals surface area contributed by atoms with Crippen LogP contribution in [0.25, 0.3) is 0 Å². The molecule has 0 aromatic carbocycles. The monoisotopic (exact) mass is 246 g/mol. The number of nitrogens with zero attached hydrogens (tertiary/aromatic N) is 1. The first kappa shape index (κ1) is 14.0. The third kappa shape index (κ3) is 3.70. The number of hydrogen-bond donors (Lipinski definition) is 1. The molecule has 0 saturated heterocycles. The molecule has 1 aromatic heterocycles. The van der Waals surface area contributed by atoms with E-state index in [1.807, 2.05) is 13.8 Å². The standard InChI is InChI=1S/C12H17F3N2/c1-3-8(2)6-11(16)9-7-17-5-4-10(9)12(13,14)15/h4-5,7-8,11H,3,6,16H2,1-2H3. The minimum atomic E-state index is -4.37. The summed E-state index contributed by atoms with van der Waals surface area (Å²) in [5.41, 5.74) is 5.24. The van der Waals surface area contributed by atoms with Gasteiger partial charge in [0.05, 0.1) is 5.56 Å². The molecular formula is C12H17F3N2. The van der Waals surface area contributed by atoms with Crippen LogP contribution in [0.5, 0.6) is 0 Å². The van der Waals surface area contributed by atoms with Crippen LogP contribution in [-0.2, 0) is 6.18 Å². The quantitative estimate of drug-likeness (QED) is 0.882. The molecule has 0 bridgehead atoms. The predicted molar refractivity (Wildman–Crippen MR) is 60.2 cm³/mol. The summed E-state index contributed by atoms with van der Waals surface area (Å²) >= 11 is 0. The average molecular weight is 246 g/mol. The molecule has 2 N–H and O–H groups in total. The molecule has 0 spiro atoms. The first-order valence-corrected chi connectivity index (χ1v) is 5.63. The van der Waals surface area contributed by atoms with E-state index in [1.54, 1.807) is 0 Å². The van der Waals surface area contributed by atoms with Crippen LogP contribution < -0.4 is 5.73 Å². The maximum Gasteiger partial charge on any atom is 0.416 e. The number of halogens is 3. The lowest BCUT2D eigenvalue weighted by atomic mass is 9.93. The zero-order valence-corrected chi connectivity index (χ0v) is 9.96. The van der Waals surface area contributed by atoms with Gasteiger partial charge in [-0.2, -0.15) is 13.2 Å². The van der Waals surface area contributed by atoms with E-state index >= 15 is 0 Å². The second kappa shape index (κ2) is 5.49. The molecule has 2 unspecified atom stereocenters. The van der Waals surface area contributed by atoms with E-state index in [0.717, 1.165) is 18.7 Å². The van der Waals surface area contributed by atoms with Gasteiger partial charge in [0.2, 0.25) is 0 Å². The Morgan fingerprint density at radius 1 is 1.41 bits per heavy atom.